The Labute approximate surface area is 123 Å². The van der Waals surface area contributed by atoms with E-state index in [2.05, 4.69) is 15.9 Å². The van der Waals surface area contributed by atoms with Gasteiger partial charge < -0.3 is 4.74 Å². The van der Waals surface area contributed by atoms with Crippen LogP contribution in [0.1, 0.15) is 20.8 Å². The molecule has 2 nitrogen and oxygen atoms in total. The molecule has 0 aliphatic carbocycles. The predicted octanol–water partition coefficient (Wildman–Crippen LogP) is 4.71. The average molecular weight is 346 g/mol. The molecule has 0 aliphatic heterocycles. The van der Waals surface area contributed by atoms with Gasteiger partial charge in [0.15, 0.2) is 0 Å². The molecular weight excluding hydrogens is 336 g/mol. The third-order valence-corrected chi connectivity index (χ3v) is 4.67. The van der Waals surface area contributed by atoms with Crippen molar-refractivity contribution in [2.45, 2.75) is 6.92 Å². The molecule has 1 aromatic heterocycles. The van der Waals surface area contributed by atoms with Crippen LogP contribution in [0.4, 0.5) is 0 Å². The van der Waals surface area contributed by atoms with Gasteiger partial charge in [-0.3, -0.25) is 4.79 Å². The van der Waals surface area contributed by atoms with Gasteiger partial charge in [-0.1, -0.05) is 11.6 Å². The number of methoxy groups -OCH3 is 1. The fourth-order valence-corrected chi connectivity index (χ4v) is 3.23. The van der Waals surface area contributed by atoms with Gasteiger partial charge in [0.1, 0.15) is 5.75 Å². The molecule has 0 unspecified atom stereocenters. The first-order chi connectivity index (χ1) is 8.52. The van der Waals surface area contributed by atoms with Gasteiger partial charge >= 0.3 is 0 Å². The number of aryl methyl sites for hydroxylation is 1. The highest BCUT2D eigenvalue weighted by Crippen LogP contribution is 2.31. The van der Waals surface area contributed by atoms with Crippen LogP contribution in [0.15, 0.2) is 28.7 Å². The third kappa shape index (κ3) is 2.60. The summed E-state index contributed by atoms with van der Waals surface area (Å²) in [6, 6.07) is 7.08. The second-order valence-corrected chi connectivity index (χ2v) is 6.25. The number of benzene rings is 1. The summed E-state index contributed by atoms with van der Waals surface area (Å²) >= 11 is 10.6. The van der Waals surface area contributed by atoms with Crippen molar-refractivity contribution in [2.24, 2.45) is 0 Å². The molecule has 1 aromatic carbocycles. The Hall–Kier alpha value is -0.840. The summed E-state index contributed by atoms with van der Waals surface area (Å²) in [7, 11) is 1.59. The van der Waals surface area contributed by atoms with E-state index in [9.17, 15) is 4.79 Å². The van der Waals surface area contributed by atoms with E-state index in [1.165, 1.54) is 11.3 Å². The highest BCUT2D eigenvalue weighted by atomic mass is 79.9. The third-order valence-electron chi connectivity index (χ3n) is 2.49. The number of hydrogen-bond donors (Lipinski definition) is 0. The van der Waals surface area contributed by atoms with Gasteiger partial charge in [-0.25, -0.2) is 0 Å². The predicted molar refractivity (Wildman–Crippen MR) is 78.2 cm³/mol. The van der Waals surface area contributed by atoms with Crippen LogP contribution in [-0.2, 0) is 0 Å². The number of rotatable bonds is 3. The maximum absolute atomic E-state index is 12.3. The first kappa shape index (κ1) is 13.6. The SMILES string of the molecule is COc1ccc(C(=O)c2cc(C)c(Cl)s2)cc1Br. The number of ether oxygens (including phenoxy) is 1. The van der Waals surface area contributed by atoms with Crippen LogP contribution in [0.3, 0.4) is 0 Å². The Morgan fingerprint density at radius 1 is 1.39 bits per heavy atom. The number of halogens is 2. The fourth-order valence-electron chi connectivity index (χ4n) is 1.52. The first-order valence-corrected chi connectivity index (χ1v) is 7.16. The Morgan fingerprint density at radius 3 is 2.61 bits per heavy atom. The van der Waals surface area contributed by atoms with Gasteiger partial charge in [0.25, 0.3) is 0 Å². The molecule has 1 heterocycles. The van der Waals surface area contributed by atoms with Crippen molar-refractivity contribution in [3.63, 3.8) is 0 Å². The molecule has 0 N–H and O–H groups in total. The summed E-state index contributed by atoms with van der Waals surface area (Å²) in [4.78, 5) is 12.9. The topological polar surface area (TPSA) is 26.3 Å². The molecule has 2 rings (SSSR count). The second-order valence-electron chi connectivity index (χ2n) is 3.75. The molecule has 0 bridgehead atoms. The van der Waals surface area contributed by atoms with E-state index in [1.54, 1.807) is 25.3 Å². The van der Waals surface area contributed by atoms with Gasteiger partial charge in [-0.2, -0.15) is 0 Å². The minimum absolute atomic E-state index is 0.0293. The van der Waals surface area contributed by atoms with Crippen molar-refractivity contribution in [3.8, 4) is 5.75 Å². The summed E-state index contributed by atoms with van der Waals surface area (Å²) in [6.07, 6.45) is 0. The molecule has 0 aliphatic rings. The number of carbonyl (C=O) groups is 1. The first-order valence-electron chi connectivity index (χ1n) is 5.17. The van der Waals surface area contributed by atoms with Crippen LogP contribution in [0.5, 0.6) is 5.75 Å². The molecule has 0 amide bonds. The standard InChI is InChI=1S/C13H10BrClO2S/c1-7-5-11(18-13(7)15)12(16)8-3-4-10(17-2)9(14)6-8/h3-6H,1-2H3. The monoisotopic (exact) mass is 344 g/mol. The minimum Gasteiger partial charge on any atom is -0.496 e. The Bertz CT molecular complexity index is 588. The Balaban J connectivity index is 2.37. The molecule has 0 saturated carbocycles. The van der Waals surface area contributed by atoms with Gasteiger partial charge in [0.2, 0.25) is 5.78 Å². The Morgan fingerprint density at radius 2 is 2.11 bits per heavy atom. The molecule has 0 saturated heterocycles. The van der Waals surface area contributed by atoms with Crippen LogP contribution >= 0.6 is 38.9 Å². The zero-order valence-electron chi connectivity index (χ0n) is 9.79. The molecule has 18 heavy (non-hydrogen) atoms. The van der Waals surface area contributed by atoms with Crippen molar-refractivity contribution in [1.29, 1.82) is 0 Å². The fraction of sp³-hybridized carbons (Fsp3) is 0.154. The molecule has 0 spiro atoms. The van der Waals surface area contributed by atoms with Gasteiger partial charge in [0, 0.05) is 5.56 Å². The molecule has 0 fully saturated rings. The van der Waals surface area contributed by atoms with E-state index in [4.69, 9.17) is 16.3 Å². The Kier molecular flexibility index (Phi) is 4.10. The van der Waals surface area contributed by atoms with Crippen LogP contribution in [0, 0.1) is 6.92 Å². The molecule has 0 radical (unpaired) electrons. The van der Waals surface area contributed by atoms with E-state index >= 15 is 0 Å². The van der Waals surface area contributed by atoms with Gasteiger partial charge in [-0.05, 0) is 52.7 Å². The van der Waals surface area contributed by atoms with E-state index in [-0.39, 0.29) is 5.78 Å². The lowest BCUT2D eigenvalue weighted by Crippen LogP contribution is -1.99. The second kappa shape index (κ2) is 5.43. The van der Waals surface area contributed by atoms with E-state index < -0.39 is 0 Å². The van der Waals surface area contributed by atoms with E-state index in [0.29, 0.717) is 20.5 Å². The van der Waals surface area contributed by atoms with E-state index in [0.717, 1.165) is 10.0 Å². The normalized spacial score (nSPS) is 10.4. The summed E-state index contributed by atoms with van der Waals surface area (Å²) in [5, 5.41) is 0. The van der Waals surface area contributed by atoms with Crippen molar-refractivity contribution >= 4 is 44.7 Å². The number of ketones is 1. The molecule has 0 atom stereocenters. The summed E-state index contributed by atoms with van der Waals surface area (Å²) in [5.41, 5.74) is 1.54. The highest BCUT2D eigenvalue weighted by molar-refractivity contribution is 9.10. The maximum atomic E-state index is 12.3. The van der Waals surface area contributed by atoms with Crippen LogP contribution in [0.25, 0.3) is 0 Å². The van der Waals surface area contributed by atoms with Crippen molar-refractivity contribution in [2.75, 3.05) is 7.11 Å². The van der Waals surface area contributed by atoms with Crippen LogP contribution in [-0.4, -0.2) is 12.9 Å². The van der Waals surface area contributed by atoms with Crippen LogP contribution in [0.2, 0.25) is 4.34 Å². The smallest absolute Gasteiger partial charge is 0.203 e. The van der Waals surface area contributed by atoms with Gasteiger partial charge in [0.05, 0.1) is 20.8 Å². The van der Waals surface area contributed by atoms with Crippen molar-refractivity contribution in [1.82, 2.24) is 0 Å². The quantitative estimate of drug-likeness (QED) is 0.753. The summed E-state index contributed by atoms with van der Waals surface area (Å²) in [6.45, 7) is 1.89. The maximum Gasteiger partial charge on any atom is 0.203 e. The molecule has 94 valence electrons. The largest absolute Gasteiger partial charge is 0.496 e. The van der Waals surface area contributed by atoms with Gasteiger partial charge in [-0.15, -0.1) is 11.3 Å². The average Bonchev–Trinajstić information content (AvgIpc) is 2.68. The number of thiophene rings is 1. The lowest BCUT2D eigenvalue weighted by atomic mass is 10.1. The zero-order valence-corrected chi connectivity index (χ0v) is 12.9. The van der Waals surface area contributed by atoms with Crippen molar-refractivity contribution in [3.05, 3.63) is 49.1 Å². The van der Waals surface area contributed by atoms with Crippen molar-refractivity contribution < 1.29 is 9.53 Å². The molecule has 5 heteroatoms. The minimum atomic E-state index is -0.0293. The summed E-state index contributed by atoms with van der Waals surface area (Å²) < 4.78 is 6.55. The highest BCUT2D eigenvalue weighted by Gasteiger charge is 2.15. The molecular formula is C13H10BrClO2S. The lowest BCUT2D eigenvalue weighted by Gasteiger charge is -2.04. The molecule has 2 aromatic rings. The van der Waals surface area contributed by atoms with Crippen LogP contribution < -0.4 is 4.74 Å². The zero-order chi connectivity index (χ0) is 13.3. The summed E-state index contributed by atoms with van der Waals surface area (Å²) in [5.74, 6) is 0.672. The number of hydrogen-bond acceptors (Lipinski definition) is 3. The lowest BCUT2D eigenvalue weighted by molar-refractivity contribution is 0.104. The van der Waals surface area contributed by atoms with E-state index in [1.807, 2.05) is 13.0 Å². The number of carbonyl (C=O) groups excluding carboxylic acids is 1.